The number of benzene rings is 1. The van der Waals surface area contributed by atoms with Gasteiger partial charge in [-0.2, -0.15) is 0 Å². The van der Waals surface area contributed by atoms with Gasteiger partial charge in [0.1, 0.15) is 12.4 Å². The number of fused-ring (bicyclic) bond motifs is 1. The van der Waals surface area contributed by atoms with Gasteiger partial charge in [0.15, 0.2) is 0 Å². The second-order valence-corrected chi connectivity index (χ2v) is 3.77. The van der Waals surface area contributed by atoms with Crippen LogP contribution in [0.2, 0.25) is 5.02 Å². The SMILES string of the molecule is CCn1c(COC)nc2cc(Cl)ccc21. The Balaban J connectivity index is 2.62. The molecule has 0 N–H and O–H groups in total. The number of hydrogen-bond donors (Lipinski definition) is 0. The maximum absolute atomic E-state index is 5.92. The van der Waals surface area contributed by atoms with Crippen LogP contribution in [0.3, 0.4) is 0 Å². The first-order chi connectivity index (χ1) is 7.26. The van der Waals surface area contributed by atoms with E-state index in [0.29, 0.717) is 11.6 Å². The molecule has 0 aliphatic carbocycles. The van der Waals surface area contributed by atoms with Crippen molar-refractivity contribution in [2.24, 2.45) is 0 Å². The largest absolute Gasteiger partial charge is 0.377 e. The van der Waals surface area contributed by atoms with Crippen molar-refractivity contribution in [3.63, 3.8) is 0 Å². The van der Waals surface area contributed by atoms with Crippen molar-refractivity contribution in [3.8, 4) is 0 Å². The molecule has 4 heteroatoms. The highest BCUT2D eigenvalue weighted by molar-refractivity contribution is 6.31. The normalized spacial score (nSPS) is 11.1. The van der Waals surface area contributed by atoms with E-state index < -0.39 is 0 Å². The number of rotatable bonds is 3. The van der Waals surface area contributed by atoms with Crippen molar-refractivity contribution in [2.75, 3.05) is 7.11 Å². The number of imidazole rings is 1. The molecule has 0 aliphatic heterocycles. The summed E-state index contributed by atoms with van der Waals surface area (Å²) in [4.78, 5) is 4.49. The molecule has 1 aromatic carbocycles. The Labute approximate surface area is 93.6 Å². The molecule has 2 rings (SSSR count). The molecule has 0 unspecified atom stereocenters. The summed E-state index contributed by atoms with van der Waals surface area (Å²) in [7, 11) is 1.67. The minimum absolute atomic E-state index is 0.528. The Morgan fingerprint density at radius 1 is 1.47 bits per heavy atom. The quantitative estimate of drug-likeness (QED) is 0.802. The molecule has 3 nitrogen and oxygen atoms in total. The average molecular weight is 225 g/mol. The standard InChI is InChI=1S/C11H13ClN2O/c1-3-14-10-5-4-8(12)6-9(10)13-11(14)7-15-2/h4-6H,3,7H2,1-2H3. The summed E-state index contributed by atoms with van der Waals surface area (Å²) in [5.41, 5.74) is 2.03. The lowest BCUT2D eigenvalue weighted by atomic mass is 10.3. The van der Waals surface area contributed by atoms with Crippen LogP contribution in [0, 0.1) is 0 Å². The van der Waals surface area contributed by atoms with Crippen LogP contribution in [0.15, 0.2) is 18.2 Å². The van der Waals surface area contributed by atoms with E-state index in [1.165, 1.54) is 0 Å². The summed E-state index contributed by atoms with van der Waals surface area (Å²) < 4.78 is 7.25. The zero-order chi connectivity index (χ0) is 10.8. The smallest absolute Gasteiger partial charge is 0.135 e. The molecule has 2 aromatic rings. The molecule has 0 radical (unpaired) electrons. The highest BCUT2D eigenvalue weighted by Crippen LogP contribution is 2.20. The predicted octanol–water partition coefficient (Wildman–Crippen LogP) is 2.86. The minimum Gasteiger partial charge on any atom is -0.377 e. The van der Waals surface area contributed by atoms with Crippen LogP contribution in [-0.2, 0) is 17.9 Å². The van der Waals surface area contributed by atoms with Crippen molar-refractivity contribution in [3.05, 3.63) is 29.0 Å². The van der Waals surface area contributed by atoms with Crippen molar-refractivity contribution in [1.29, 1.82) is 0 Å². The van der Waals surface area contributed by atoms with Crippen LogP contribution >= 0.6 is 11.6 Å². The third kappa shape index (κ3) is 1.85. The van der Waals surface area contributed by atoms with Gasteiger partial charge in [0, 0.05) is 18.7 Å². The molecule has 0 atom stereocenters. The van der Waals surface area contributed by atoms with Crippen LogP contribution in [0.1, 0.15) is 12.7 Å². The molecule has 1 heterocycles. The van der Waals surface area contributed by atoms with E-state index in [0.717, 1.165) is 23.4 Å². The van der Waals surface area contributed by atoms with Gasteiger partial charge in [-0.3, -0.25) is 0 Å². The molecule has 0 bridgehead atoms. The monoisotopic (exact) mass is 224 g/mol. The molecule has 0 fully saturated rings. The Hall–Kier alpha value is -1.06. The van der Waals surface area contributed by atoms with Gasteiger partial charge >= 0.3 is 0 Å². The number of methoxy groups -OCH3 is 1. The van der Waals surface area contributed by atoms with Gasteiger partial charge < -0.3 is 9.30 Å². The third-order valence-corrected chi connectivity index (χ3v) is 2.61. The average Bonchev–Trinajstić information content (AvgIpc) is 2.54. The van der Waals surface area contributed by atoms with Crippen LogP contribution in [0.4, 0.5) is 0 Å². The van der Waals surface area contributed by atoms with Gasteiger partial charge in [0.25, 0.3) is 0 Å². The lowest BCUT2D eigenvalue weighted by Crippen LogP contribution is -2.02. The van der Waals surface area contributed by atoms with Crippen molar-refractivity contribution >= 4 is 22.6 Å². The van der Waals surface area contributed by atoms with Crippen molar-refractivity contribution in [1.82, 2.24) is 9.55 Å². The van der Waals surface area contributed by atoms with Gasteiger partial charge in [-0.1, -0.05) is 11.6 Å². The molecular formula is C11H13ClN2O. The topological polar surface area (TPSA) is 27.1 Å². The minimum atomic E-state index is 0.528. The summed E-state index contributed by atoms with van der Waals surface area (Å²) in [6.45, 7) is 3.51. The molecule has 0 amide bonds. The van der Waals surface area contributed by atoms with E-state index in [1.54, 1.807) is 7.11 Å². The van der Waals surface area contributed by atoms with Gasteiger partial charge in [-0.25, -0.2) is 4.98 Å². The predicted molar refractivity (Wildman–Crippen MR) is 61.1 cm³/mol. The Morgan fingerprint density at radius 3 is 2.93 bits per heavy atom. The maximum atomic E-state index is 5.92. The fourth-order valence-corrected chi connectivity index (χ4v) is 1.91. The lowest BCUT2D eigenvalue weighted by molar-refractivity contribution is 0.175. The molecule has 0 saturated heterocycles. The first-order valence-corrected chi connectivity index (χ1v) is 5.27. The summed E-state index contributed by atoms with van der Waals surface area (Å²) in [6, 6.07) is 5.75. The second kappa shape index (κ2) is 4.21. The molecule has 15 heavy (non-hydrogen) atoms. The third-order valence-electron chi connectivity index (χ3n) is 2.38. The Kier molecular flexibility index (Phi) is 2.93. The van der Waals surface area contributed by atoms with Crippen LogP contribution in [0.5, 0.6) is 0 Å². The maximum Gasteiger partial charge on any atom is 0.135 e. The fraction of sp³-hybridized carbons (Fsp3) is 0.364. The zero-order valence-electron chi connectivity index (χ0n) is 8.83. The first kappa shape index (κ1) is 10.5. The van der Waals surface area contributed by atoms with Crippen molar-refractivity contribution < 1.29 is 4.74 Å². The number of aryl methyl sites for hydroxylation is 1. The summed E-state index contributed by atoms with van der Waals surface area (Å²) in [6.07, 6.45) is 0. The number of hydrogen-bond acceptors (Lipinski definition) is 2. The molecule has 0 saturated carbocycles. The first-order valence-electron chi connectivity index (χ1n) is 4.90. The van der Waals surface area contributed by atoms with E-state index in [4.69, 9.17) is 16.3 Å². The number of aromatic nitrogens is 2. The van der Waals surface area contributed by atoms with Crippen LogP contribution in [-0.4, -0.2) is 16.7 Å². The van der Waals surface area contributed by atoms with Gasteiger partial charge in [-0.05, 0) is 25.1 Å². The van der Waals surface area contributed by atoms with E-state index in [9.17, 15) is 0 Å². The number of ether oxygens (including phenoxy) is 1. The number of nitrogens with zero attached hydrogens (tertiary/aromatic N) is 2. The Bertz CT molecular complexity index is 479. The number of halogens is 1. The summed E-state index contributed by atoms with van der Waals surface area (Å²) in [5.74, 6) is 0.942. The Morgan fingerprint density at radius 2 is 2.27 bits per heavy atom. The van der Waals surface area contributed by atoms with E-state index >= 15 is 0 Å². The molecule has 0 aliphatic rings. The van der Waals surface area contributed by atoms with Gasteiger partial charge in [-0.15, -0.1) is 0 Å². The lowest BCUT2D eigenvalue weighted by Gasteiger charge is -2.04. The van der Waals surface area contributed by atoms with Gasteiger partial charge in [0.05, 0.1) is 11.0 Å². The molecule has 80 valence electrons. The fourth-order valence-electron chi connectivity index (χ4n) is 1.74. The van der Waals surface area contributed by atoms with Gasteiger partial charge in [0.2, 0.25) is 0 Å². The molecular weight excluding hydrogens is 212 g/mol. The van der Waals surface area contributed by atoms with Crippen LogP contribution < -0.4 is 0 Å². The van der Waals surface area contributed by atoms with E-state index in [2.05, 4.69) is 16.5 Å². The molecule has 0 spiro atoms. The highest BCUT2D eigenvalue weighted by atomic mass is 35.5. The highest BCUT2D eigenvalue weighted by Gasteiger charge is 2.08. The summed E-state index contributed by atoms with van der Waals surface area (Å²) in [5, 5.41) is 0.715. The van der Waals surface area contributed by atoms with Crippen LogP contribution in [0.25, 0.3) is 11.0 Å². The van der Waals surface area contributed by atoms with E-state index in [-0.39, 0.29) is 0 Å². The summed E-state index contributed by atoms with van der Waals surface area (Å²) >= 11 is 5.92. The zero-order valence-corrected chi connectivity index (χ0v) is 9.58. The van der Waals surface area contributed by atoms with Crippen molar-refractivity contribution in [2.45, 2.75) is 20.1 Å². The second-order valence-electron chi connectivity index (χ2n) is 3.34. The van der Waals surface area contributed by atoms with E-state index in [1.807, 2.05) is 18.2 Å². The molecule has 1 aromatic heterocycles.